The first kappa shape index (κ1) is 15.7. The second kappa shape index (κ2) is 5.61. The number of fused-ring (bicyclic) bond motifs is 1. The van der Waals surface area contributed by atoms with Gasteiger partial charge in [-0.25, -0.2) is 0 Å². The predicted octanol–water partition coefficient (Wildman–Crippen LogP) is 2.71. The number of nitrogens with zero attached hydrogens (tertiary/aromatic N) is 2. The molecule has 2 aliphatic heterocycles. The Kier molecular flexibility index (Phi) is 3.66. The van der Waals surface area contributed by atoms with E-state index in [0.717, 1.165) is 57.2 Å². The minimum Gasteiger partial charge on any atom is -0.340 e. The van der Waals surface area contributed by atoms with Crippen LogP contribution in [-0.4, -0.2) is 46.8 Å². The van der Waals surface area contributed by atoms with Gasteiger partial charge in [-0.1, -0.05) is 6.07 Å². The average molecular weight is 326 g/mol. The Morgan fingerprint density at radius 3 is 2.58 bits per heavy atom. The second-order valence-electron chi connectivity index (χ2n) is 7.72. The number of carbonyl (C=O) groups is 2. The first-order chi connectivity index (χ1) is 11.5. The van der Waals surface area contributed by atoms with Crippen molar-refractivity contribution in [1.82, 2.24) is 9.80 Å². The summed E-state index contributed by atoms with van der Waals surface area (Å²) in [4.78, 5) is 29.1. The zero-order chi connectivity index (χ0) is 16.9. The van der Waals surface area contributed by atoms with Crippen LogP contribution in [0, 0.1) is 6.92 Å². The first-order valence-electron chi connectivity index (χ1n) is 9.21. The molecule has 1 aliphatic carbocycles. The highest BCUT2D eigenvalue weighted by atomic mass is 16.2. The van der Waals surface area contributed by atoms with E-state index in [9.17, 15) is 9.59 Å². The van der Waals surface area contributed by atoms with E-state index >= 15 is 0 Å². The minimum absolute atomic E-state index is 0.126. The summed E-state index contributed by atoms with van der Waals surface area (Å²) in [5, 5.41) is 0. The van der Waals surface area contributed by atoms with Gasteiger partial charge < -0.3 is 9.80 Å². The molecule has 1 aromatic carbocycles. The molecule has 1 unspecified atom stereocenters. The third-order valence-electron chi connectivity index (χ3n) is 6.37. The number of hydrogen-bond acceptors (Lipinski definition) is 2. The number of aryl methyl sites for hydroxylation is 1. The summed E-state index contributed by atoms with van der Waals surface area (Å²) in [5.41, 5.74) is 4.78. The van der Waals surface area contributed by atoms with Crippen molar-refractivity contribution >= 4 is 11.8 Å². The van der Waals surface area contributed by atoms with Crippen molar-refractivity contribution in [2.75, 3.05) is 19.6 Å². The lowest BCUT2D eigenvalue weighted by Crippen LogP contribution is -2.49. The second-order valence-corrected chi connectivity index (χ2v) is 7.72. The lowest BCUT2D eigenvalue weighted by molar-refractivity contribution is -0.128. The molecule has 0 aromatic heterocycles. The fraction of sp³-hybridized carbons (Fsp3) is 0.600. The lowest BCUT2D eigenvalue weighted by Gasteiger charge is -2.35. The van der Waals surface area contributed by atoms with Crippen molar-refractivity contribution in [2.45, 2.75) is 57.9 Å². The van der Waals surface area contributed by atoms with Crippen LogP contribution in [0.25, 0.3) is 0 Å². The van der Waals surface area contributed by atoms with Gasteiger partial charge in [-0.2, -0.15) is 0 Å². The molecule has 4 rings (SSSR count). The molecule has 2 amide bonds. The third-order valence-corrected chi connectivity index (χ3v) is 6.37. The maximum Gasteiger partial charge on any atom is 0.254 e. The van der Waals surface area contributed by atoms with Gasteiger partial charge in [0.1, 0.15) is 0 Å². The van der Waals surface area contributed by atoms with Gasteiger partial charge in [-0.3, -0.25) is 9.59 Å². The molecule has 1 atom stereocenters. The summed E-state index contributed by atoms with van der Waals surface area (Å²) in [6.45, 7) is 6.10. The number of benzene rings is 1. The van der Waals surface area contributed by atoms with Crippen LogP contribution in [0.5, 0.6) is 0 Å². The monoisotopic (exact) mass is 326 g/mol. The molecule has 0 bridgehead atoms. The molecular weight excluding hydrogens is 300 g/mol. The SMILES string of the molecule is CC(=O)N1CCC2(CCCN2C(=O)c2ccc(C)c3c2CCC3)C1. The van der Waals surface area contributed by atoms with Gasteiger partial charge in [0.25, 0.3) is 5.91 Å². The summed E-state index contributed by atoms with van der Waals surface area (Å²) in [5.74, 6) is 0.318. The number of likely N-dealkylation sites (tertiary alicyclic amines) is 2. The van der Waals surface area contributed by atoms with Crippen LogP contribution < -0.4 is 0 Å². The van der Waals surface area contributed by atoms with E-state index < -0.39 is 0 Å². The quantitative estimate of drug-likeness (QED) is 0.796. The van der Waals surface area contributed by atoms with Crippen LogP contribution in [0.2, 0.25) is 0 Å². The van der Waals surface area contributed by atoms with Gasteiger partial charge in [0.05, 0.1) is 5.54 Å². The number of amides is 2. The highest BCUT2D eigenvalue weighted by Gasteiger charge is 2.49. The van der Waals surface area contributed by atoms with E-state index in [1.54, 1.807) is 6.92 Å². The van der Waals surface area contributed by atoms with Crippen LogP contribution in [0.3, 0.4) is 0 Å². The van der Waals surface area contributed by atoms with Gasteiger partial charge in [0.2, 0.25) is 5.91 Å². The predicted molar refractivity (Wildman–Crippen MR) is 93.1 cm³/mol. The van der Waals surface area contributed by atoms with Gasteiger partial charge >= 0.3 is 0 Å². The molecule has 1 aromatic rings. The molecule has 128 valence electrons. The van der Waals surface area contributed by atoms with Crippen LogP contribution in [0.4, 0.5) is 0 Å². The standard InChI is InChI=1S/C20H26N2O2/c1-14-7-8-18(17-6-3-5-16(14)17)19(24)22-11-4-9-20(22)10-12-21(13-20)15(2)23/h7-8H,3-6,9-13H2,1-2H3. The van der Waals surface area contributed by atoms with Crippen molar-refractivity contribution in [2.24, 2.45) is 0 Å². The molecular formula is C20H26N2O2. The maximum atomic E-state index is 13.4. The Morgan fingerprint density at radius 2 is 1.83 bits per heavy atom. The Labute approximate surface area is 143 Å². The van der Waals surface area contributed by atoms with Crippen LogP contribution >= 0.6 is 0 Å². The molecule has 2 saturated heterocycles. The lowest BCUT2D eigenvalue weighted by atomic mass is 9.93. The zero-order valence-corrected chi connectivity index (χ0v) is 14.7. The molecule has 24 heavy (non-hydrogen) atoms. The molecule has 2 heterocycles. The van der Waals surface area contributed by atoms with Crippen LogP contribution in [0.1, 0.15) is 59.7 Å². The molecule has 0 radical (unpaired) electrons. The Hall–Kier alpha value is -1.84. The van der Waals surface area contributed by atoms with Gasteiger partial charge in [0.15, 0.2) is 0 Å². The average Bonchev–Trinajstić information content (AvgIpc) is 3.28. The summed E-state index contributed by atoms with van der Waals surface area (Å²) in [6, 6.07) is 4.14. The summed E-state index contributed by atoms with van der Waals surface area (Å²) >= 11 is 0. The highest BCUT2D eigenvalue weighted by Crippen LogP contribution is 2.39. The van der Waals surface area contributed by atoms with Gasteiger partial charge in [-0.15, -0.1) is 0 Å². The fourth-order valence-corrected chi connectivity index (χ4v) is 5.04. The number of hydrogen-bond donors (Lipinski definition) is 0. The van der Waals surface area contributed by atoms with E-state index in [0.29, 0.717) is 6.54 Å². The zero-order valence-electron chi connectivity index (χ0n) is 14.7. The summed E-state index contributed by atoms with van der Waals surface area (Å²) in [7, 11) is 0. The Morgan fingerprint density at radius 1 is 1.04 bits per heavy atom. The van der Waals surface area contributed by atoms with E-state index in [4.69, 9.17) is 0 Å². The molecule has 4 heteroatoms. The topological polar surface area (TPSA) is 40.6 Å². The summed E-state index contributed by atoms with van der Waals surface area (Å²) < 4.78 is 0. The molecule has 0 saturated carbocycles. The first-order valence-corrected chi connectivity index (χ1v) is 9.21. The molecule has 0 N–H and O–H groups in total. The molecule has 1 spiro atoms. The van der Waals surface area contributed by atoms with E-state index in [1.807, 2.05) is 11.0 Å². The smallest absolute Gasteiger partial charge is 0.254 e. The fourth-order valence-electron chi connectivity index (χ4n) is 5.04. The van der Waals surface area contributed by atoms with Gasteiger partial charge in [-0.05, 0) is 68.2 Å². The Balaban J connectivity index is 1.66. The number of rotatable bonds is 1. The van der Waals surface area contributed by atoms with E-state index in [2.05, 4.69) is 17.9 Å². The van der Waals surface area contributed by atoms with Crippen LogP contribution in [-0.2, 0) is 17.6 Å². The largest absolute Gasteiger partial charge is 0.340 e. The molecule has 3 aliphatic rings. The highest BCUT2D eigenvalue weighted by molar-refractivity contribution is 5.97. The van der Waals surface area contributed by atoms with Crippen molar-refractivity contribution < 1.29 is 9.59 Å². The maximum absolute atomic E-state index is 13.4. The van der Waals surface area contributed by atoms with Crippen molar-refractivity contribution in [1.29, 1.82) is 0 Å². The molecule has 4 nitrogen and oxygen atoms in total. The van der Waals surface area contributed by atoms with Crippen molar-refractivity contribution in [3.05, 3.63) is 34.4 Å². The van der Waals surface area contributed by atoms with Crippen molar-refractivity contribution in [3.8, 4) is 0 Å². The van der Waals surface area contributed by atoms with E-state index in [1.165, 1.54) is 16.7 Å². The third kappa shape index (κ3) is 2.27. The van der Waals surface area contributed by atoms with Crippen molar-refractivity contribution in [3.63, 3.8) is 0 Å². The van der Waals surface area contributed by atoms with Gasteiger partial charge in [0, 0.05) is 32.1 Å². The minimum atomic E-state index is -0.126. The normalized spacial score (nSPS) is 25.6. The number of carbonyl (C=O) groups excluding carboxylic acids is 2. The van der Waals surface area contributed by atoms with E-state index in [-0.39, 0.29) is 17.4 Å². The summed E-state index contributed by atoms with van der Waals surface area (Å²) in [6.07, 6.45) is 6.28. The van der Waals surface area contributed by atoms with Crippen LogP contribution in [0.15, 0.2) is 12.1 Å². The Bertz CT molecular complexity index is 712. The molecule has 2 fully saturated rings.